The molecule has 2 aliphatic rings. The molecule has 2 saturated heterocycles. The van der Waals surface area contributed by atoms with Crippen LogP contribution in [0.25, 0.3) is 0 Å². The van der Waals surface area contributed by atoms with Gasteiger partial charge in [-0.1, -0.05) is 30.2 Å². The second-order valence-corrected chi connectivity index (χ2v) is 15.1. The molecule has 5 heterocycles. The summed E-state index contributed by atoms with van der Waals surface area (Å²) in [5.74, 6) is 3.51. The first-order valence-corrected chi connectivity index (χ1v) is 21.0. The minimum Gasteiger partial charge on any atom is -0.394 e. The van der Waals surface area contributed by atoms with Gasteiger partial charge in [0, 0.05) is 65.4 Å². The van der Waals surface area contributed by atoms with Gasteiger partial charge in [0.2, 0.25) is 29.7 Å². The van der Waals surface area contributed by atoms with E-state index < -0.39 is 18.7 Å². The number of nitrogens with two attached hydrogens (primary N) is 3. The zero-order valence-electron chi connectivity index (χ0n) is 35.4. The van der Waals surface area contributed by atoms with Crippen LogP contribution in [0.4, 0.5) is 17.8 Å². The molecule has 0 bridgehead atoms. The van der Waals surface area contributed by atoms with Gasteiger partial charge in [0.25, 0.3) is 0 Å². The monoisotopic (exact) mass is 854 g/mol. The number of carbonyl (C=O) groups excluding carboxylic acids is 2. The van der Waals surface area contributed by atoms with Crippen molar-refractivity contribution in [3.63, 3.8) is 0 Å². The lowest BCUT2D eigenvalue weighted by molar-refractivity contribution is -0.137. The van der Waals surface area contributed by atoms with E-state index in [1.54, 1.807) is 22.0 Å². The quantitative estimate of drug-likeness (QED) is 0.0463. The van der Waals surface area contributed by atoms with Crippen LogP contribution in [0.3, 0.4) is 0 Å². The van der Waals surface area contributed by atoms with Crippen molar-refractivity contribution in [2.75, 3.05) is 127 Å². The summed E-state index contributed by atoms with van der Waals surface area (Å²) in [5.41, 5.74) is 19.0. The van der Waals surface area contributed by atoms with Crippen LogP contribution in [0.2, 0.25) is 0 Å². The number of hydrogen-bond donors (Lipinski definition) is 5. The standard InChI is InChI=1S/C38H63N17O6/c1-4-18-59-20-22-61-23-21-60-19-9-42-36-43-37(52-14-10-50(11-15-52)34(57)31(7-5-6-8-39)54-25-29(24-40)46-48-54)45-38(44-36)53-16-12-51(13-17-53)35(58)32(27-56)55-26-30(47-49-55)33(41)28(2)3/h1,25-26,28,31-33,56H,5-24,27,39-41H2,2-3H3,(H,42,43,44,45)/t31-,32-,33-/m0/s1. The second kappa shape index (κ2) is 24.4. The Morgan fingerprint density at radius 3 is 1.93 bits per heavy atom. The number of nitrogens with zero attached hydrogens (tertiary/aromatic N) is 13. The molecule has 0 aromatic carbocycles. The van der Waals surface area contributed by atoms with Gasteiger partial charge in [-0.2, -0.15) is 15.0 Å². The molecule has 8 N–H and O–H groups in total. The molecule has 3 atom stereocenters. The van der Waals surface area contributed by atoms with E-state index in [2.05, 4.69) is 31.9 Å². The minimum absolute atomic E-state index is 0.0364. The maximum atomic E-state index is 13.9. The molecule has 0 radical (unpaired) electrons. The molecule has 2 fully saturated rings. The second-order valence-electron chi connectivity index (χ2n) is 15.1. The summed E-state index contributed by atoms with van der Waals surface area (Å²) in [5, 5.41) is 30.1. The number of rotatable bonds is 25. The summed E-state index contributed by atoms with van der Waals surface area (Å²) >= 11 is 0. The molecule has 0 aliphatic carbocycles. The van der Waals surface area contributed by atoms with Crippen molar-refractivity contribution in [2.45, 2.75) is 57.8 Å². The lowest BCUT2D eigenvalue weighted by atomic mass is 10.0. The molecular formula is C38H63N17O6. The number of nitrogens with one attached hydrogen (secondary N) is 1. The summed E-state index contributed by atoms with van der Waals surface area (Å²) in [6.07, 6.45) is 10.7. The first-order valence-electron chi connectivity index (χ1n) is 21.0. The Hall–Kier alpha value is -5.09. The van der Waals surface area contributed by atoms with Crippen LogP contribution in [-0.2, 0) is 30.3 Å². The van der Waals surface area contributed by atoms with Gasteiger partial charge < -0.3 is 61.4 Å². The average molecular weight is 854 g/mol. The van der Waals surface area contributed by atoms with Gasteiger partial charge in [0.05, 0.1) is 69.5 Å². The lowest BCUT2D eigenvalue weighted by Gasteiger charge is -2.38. The van der Waals surface area contributed by atoms with E-state index in [1.165, 1.54) is 4.68 Å². The molecule has 2 aliphatic heterocycles. The number of amides is 2. The Balaban J connectivity index is 1.23. The number of terminal acetylenes is 1. The molecule has 0 saturated carbocycles. The third-order valence-electron chi connectivity index (χ3n) is 10.5. The van der Waals surface area contributed by atoms with E-state index >= 15 is 0 Å². The van der Waals surface area contributed by atoms with Crippen molar-refractivity contribution in [3.05, 3.63) is 23.8 Å². The Morgan fingerprint density at radius 2 is 1.38 bits per heavy atom. The predicted molar refractivity (Wildman–Crippen MR) is 225 cm³/mol. The van der Waals surface area contributed by atoms with Gasteiger partial charge in [0.15, 0.2) is 6.04 Å². The Bertz CT molecular complexity index is 1820. The van der Waals surface area contributed by atoms with Crippen molar-refractivity contribution < 1.29 is 28.9 Å². The number of aromatic nitrogens is 9. The molecule has 0 spiro atoms. The zero-order chi connectivity index (χ0) is 43.6. The molecule has 336 valence electrons. The van der Waals surface area contributed by atoms with E-state index in [4.69, 9.17) is 52.8 Å². The van der Waals surface area contributed by atoms with Crippen molar-refractivity contribution in [2.24, 2.45) is 23.1 Å². The number of piperazine rings is 2. The van der Waals surface area contributed by atoms with Crippen LogP contribution in [-0.4, -0.2) is 183 Å². The van der Waals surface area contributed by atoms with E-state index in [0.717, 1.165) is 12.8 Å². The van der Waals surface area contributed by atoms with Gasteiger partial charge in [-0.25, -0.2) is 9.36 Å². The van der Waals surface area contributed by atoms with Crippen LogP contribution in [0.15, 0.2) is 12.4 Å². The lowest BCUT2D eigenvalue weighted by Crippen LogP contribution is -2.52. The molecule has 3 aromatic heterocycles. The smallest absolute Gasteiger partial charge is 0.250 e. The van der Waals surface area contributed by atoms with Gasteiger partial charge in [-0.15, -0.1) is 16.6 Å². The summed E-state index contributed by atoms with van der Waals surface area (Å²) < 4.78 is 19.4. The van der Waals surface area contributed by atoms with Crippen molar-refractivity contribution >= 4 is 29.7 Å². The maximum Gasteiger partial charge on any atom is 0.250 e. The topological polar surface area (TPSA) is 285 Å². The fraction of sp³-hybridized carbons (Fsp3) is 0.711. The molecule has 23 heteroatoms. The Morgan fingerprint density at radius 1 is 0.803 bits per heavy atom. The van der Waals surface area contributed by atoms with Crippen molar-refractivity contribution in [3.8, 4) is 12.3 Å². The summed E-state index contributed by atoms with van der Waals surface area (Å²) in [4.78, 5) is 49.6. The van der Waals surface area contributed by atoms with Crippen molar-refractivity contribution in [1.29, 1.82) is 0 Å². The fourth-order valence-electron chi connectivity index (χ4n) is 6.82. The van der Waals surface area contributed by atoms with Crippen LogP contribution in [0.5, 0.6) is 0 Å². The number of ether oxygens (including phenoxy) is 3. The average Bonchev–Trinajstić information content (AvgIpc) is 3.98. The number of aliphatic hydroxyl groups excluding tert-OH is 1. The molecule has 61 heavy (non-hydrogen) atoms. The highest BCUT2D eigenvalue weighted by Crippen LogP contribution is 2.24. The highest BCUT2D eigenvalue weighted by Gasteiger charge is 2.33. The minimum atomic E-state index is -0.931. The molecule has 3 aromatic rings. The third kappa shape index (κ3) is 13.4. The molecule has 0 unspecified atom stereocenters. The summed E-state index contributed by atoms with van der Waals surface area (Å²) in [7, 11) is 0. The van der Waals surface area contributed by atoms with Gasteiger partial charge in [0.1, 0.15) is 12.6 Å². The van der Waals surface area contributed by atoms with Crippen molar-refractivity contribution in [1.82, 2.24) is 54.7 Å². The molecule has 2 amide bonds. The first kappa shape index (κ1) is 47.0. The Labute approximate surface area is 356 Å². The van der Waals surface area contributed by atoms with Crippen LogP contribution < -0.4 is 32.3 Å². The SMILES string of the molecule is C#CCOCCOCCOCCNc1nc(N2CCN(C(=O)[C@H](CCCCN)n3cc(CN)nn3)CC2)nc(N2CCN(C(=O)[C@H](CO)n3cc([C@@H](N)C(C)C)nn3)CC2)n1. The van der Waals surface area contributed by atoms with Gasteiger partial charge in [-0.3, -0.25) is 9.59 Å². The molecule has 5 rings (SSSR count). The van der Waals surface area contributed by atoms with E-state index in [1.807, 2.05) is 28.5 Å². The Kier molecular flexibility index (Phi) is 18.8. The number of aliphatic hydroxyl groups is 1. The first-order chi connectivity index (χ1) is 29.7. The molecular weight excluding hydrogens is 791 g/mol. The zero-order valence-corrected chi connectivity index (χ0v) is 35.4. The molecule has 23 nitrogen and oxygen atoms in total. The van der Waals surface area contributed by atoms with Gasteiger partial charge in [-0.05, 0) is 31.7 Å². The largest absolute Gasteiger partial charge is 0.394 e. The van der Waals surface area contributed by atoms with E-state index in [9.17, 15) is 14.7 Å². The van der Waals surface area contributed by atoms with E-state index in [-0.39, 0.29) is 36.9 Å². The number of carbonyl (C=O) groups is 2. The predicted octanol–water partition coefficient (Wildman–Crippen LogP) is -1.83. The number of hydrogen-bond acceptors (Lipinski definition) is 19. The summed E-state index contributed by atoms with van der Waals surface area (Å²) in [6.45, 7) is 10.5. The number of anilines is 3. The van der Waals surface area contributed by atoms with Gasteiger partial charge >= 0.3 is 0 Å². The fourth-order valence-corrected chi connectivity index (χ4v) is 6.82. The number of unbranched alkanes of at least 4 members (excludes halogenated alkanes) is 1. The highest BCUT2D eigenvalue weighted by molar-refractivity contribution is 5.81. The summed E-state index contributed by atoms with van der Waals surface area (Å²) in [6, 6.07) is -1.78. The van der Waals surface area contributed by atoms with Crippen LogP contribution >= 0.6 is 0 Å². The van der Waals surface area contributed by atoms with E-state index in [0.29, 0.717) is 134 Å². The third-order valence-corrected chi connectivity index (χ3v) is 10.5. The highest BCUT2D eigenvalue weighted by atomic mass is 16.5. The van der Waals surface area contributed by atoms with Crippen LogP contribution in [0, 0.1) is 18.3 Å². The van der Waals surface area contributed by atoms with Crippen LogP contribution in [0.1, 0.15) is 62.6 Å². The maximum absolute atomic E-state index is 13.9. The normalized spacial score (nSPS) is 16.2.